The topological polar surface area (TPSA) is 51.1 Å². The Kier molecular flexibility index (Phi) is 7.16. The Morgan fingerprint density at radius 1 is 1.24 bits per heavy atom. The third kappa shape index (κ3) is 4.91. The van der Waals surface area contributed by atoms with Crippen LogP contribution in [0.3, 0.4) is 0 Å². The maximum atomic E-state index is 12.4. The fourth-order valence-electron chi connectivity index (χ4n) is 2.65. The number of thioether (sulfide) groups is 1. The van der Waals surface area contributed by atoms with Gasteiger partial charge in [-0.15, -0.1) is 0 Å². The maximum absolute atomic E-state index is 12.4. The molecule has 0 aromatic heterocycles. The van der Waals surface area contributed by atoms with Crippen molar-refractivity contribution >= 4 is 68.0 Å². The molecule has 0 bridgehead atoms. The van der Waals surface area contributed by atoms with Crippen LogP contribution in [0.4, 0.5) is 0 Å². The van der Waals surface area contributed by atoms with E-state index in [9.17, 15) is 4.79 Å². The number of hydrogen-bond donors (Lipinski definition) is 0. The van der Waals surface area contributed by atoms with Crippen LogP contribution >= 0.6 is 50.9 Å². The van der Waals surface area contributed by atoms with Gasteiger partial charge in [-0.05, 0) is 69.2 Å². The Balaban J connectivity index is 1.85. The first-order chi connectivity index (χ1) is 13.8. The molecule has 0 unspecified atom stereocenters. The number of hydrogen-bond acceptors (Lipinski definition) is 5. The number of rotatable bonds is 5. The molecule has 3 rings (SSSR count). The second-order valence-electron chi connectivity index (χ2n) is 6.05. The van der Waals surface area contributed by atoms with Crippen molar-refractivity contribution in [2.75, 3.05) is 21.2 Å². The highest BCUT2D eigenvalue weighted by molar-refractivity contribution is 9.10. The number of carbonyl (C=O) groups excluding carboxylic acids is 1. The molecule has 1 heterocycles. The van der Waals surface area contributed by atoms with Crippen molar-refractivity contribution in [2.24, 2.45) is 4.99 Å². The fraction of sp³-hybridized carbons (Fsp3) is 0.200. The summed E-state index contributed by atoms with van der Waals surface area (Å²) in [6.45, 7) is 0.293. The molecule has 9 heteroatoms. The summed E-state index contributed by atoms with van der Waals surface area (Å²) >= 11 is 16.9. The van der Waals surface area contributed by atoms with E-state index in [1.807, 2.05) is 18.2 Å². The molecule has 152 valence electrons. The maximum Gasteiger partial charge on any atom is 0.266 e. The van der Waals surface area contributed by atoms with E-state index < -0.39 is 0 Å². The number of ether oxygens (including phenoxy) is 2. The molecular weight excluding hydrogens is 499 g/mol. The van der Waals surface area contributed by atoms with Gasteiger partial charge in [-0.3, -0.25) is 14.7 Å². The van der Waals surface area contributed by atoms with Crippen LogP contribution in [0.2, 0.25) is 10.0 Å². The van der Waals surface area contributed by atoms with E-state index in [1.165, 1.54) is 16.7 Å². The molecule has 1 fully saturated rings. The van der Waals surface area contributed by atoms with Crippen LogP contribution in [0.25, 0.3) is 6.08 Å². The van der Waals surface area contributed by atoms with Crippen molar-refractivity contribution in [3.63, 3.8) is 0 Å². The molecule has 1 saturated heterocycles. The summed E-state index contributed by atoms with van der Waals surface area (Å²) in [5, 5.41) is 1.63. The number of benzene rings is 2. The fourth-order valence-corrected chi connectivity index (χ4v) is 4.47. The monoisotopic (exact) mass is 514 g/mol. The second-order valence-corrected chi connectivity index (χ2v) is 8.73. The zero-order valence-corrected chi connectivity index (χ0v) is 19.7. The summed E-state index contributed by atoms with van der Waals surface area (Å²) in [5.74, 6) is 1.00. The number of methoxy groups -OCH3 is 1. The number of halogens is 3. The van der Waals surface area contributed by atoms with Crippen molar-refractivity contribution in [1.82, 2.24) is 4.90 Å². The molecule has 0 N–H and O–H groups in total. The van der Waals surface area contributed by atoms with Gasteiger partial charge in [0.15, 0.2) is 16.7 Å². The minimum Gasteiger partial charge on any atom is -0.493 e. The van der Waals surface area contributed by atoms with Gasteiger partial charge in [-0.25, -0.2) is 0 Å². The summed E-state index contributed by atoms with van der Waals surface area (Å²) in [7, 11) is 4.93. The molecule has 0 spiro atoms. The minimum absolute atomic E-state index is 0.0920. The zero-order valence-electron chi connectivity index (χ0n) is 15.8. The van der Waals surface area contributed by atoms with Crippen LogP contribution < -0.4 is 9.47 Å². The van der Waals surface area contributed by atoms with Gasteiger partial charge in [-0.2, -0.15) is 0 Å². The van der Waals surface area contributed by atoms with Gasteiger partial charge in [0.1, 0.15) is 6.61 Å². The molecular formula is C20H17BrCl2N2O3S. The molecule has 0 atom stereocenters. The van der Waals surface area contributed by atoms with Gasteiger partial charge in [0.2, 0.25) is 0 Å². The third-order valence-corrected chi connectivity index (χ3v) is 6.59. The Labute approximate surface area is 191 Å². The Hall–Kier alpha value is -1.67. The normalized spacial score (nSPS) is 16.8. The van der Waals surface area contributed by atoms with E-state index in [1.54, 1.807) is 39.4 Å². The van der Waals surface area contributed by atoms with Gasteiger partial charge < -0.3 is 9.47 Å². The SMILES string of the molecule is CN=C1S/C(=C/c2cc(Br)c(OCc3ccc(Cl)c(Cl)c3)c(OC)c2)C(=O)N1C. The second kappa shape index (κ2) is 9.43. The quantitative estimate of drug-likeness (QED) is 0.467. The summed E-state index contributed by atoms with van der Waals surface area (Å²) in [4.78, 5) is 18.6. The first-order valence-electron chi connectivity index (χ1n) is 8.42. The molecule has 0 saturated carbocycles. The molecule has 5 nitrogen and oxygen atoms in total. The van der Waals surface area contributed by atoms with E-state index in [4.69, 9.17) is 32.7 Å². The molecule has 29 heavy (non-hydrogen) atoms. The lowest BCUT2D eigenvalue weighted by Crippen LogP contribution is -2.23. The number of nitrogens with zero attached hydrogens (tertiary/aromatic N) is 2. The van der Waals surface area contributed by atoms with Crippen molar-refractivity contribution < 1.29 is 14.3 Å². The first kappa shape index (κ1) is 22.0. The van der Waals surface area contributed by atoms with Crippen LogP contribution in [0, 0.1) is 0 Å². The molecule has 2 aromatic carbocycles. The Morgan fingerprint density at radius 3 is 2.62 bits per heavy atom. The third-order valence-electron chi connectivity index (χ3n) is 4.11. The number of amides is 1. The lowest BCUT2D eigenvalue weighted by Gasteiger charge is -2.14. The molecule has 1 aliphatic heterocycles. The van der Waals surface area contributed by atoms with Gasteiger partial charge in [0, 0.05) is 14.1 Å². The zero-order chi connectivity index (χ0) is 21.1. The van der Waals surface area contributed by atoms with Crippen molar-refractivity contribution in [2.45, 2.75) is 6.61 Å². The van der Waals surface area contributed by atoms with Gasteiger partial charge in [-0.1, -0.05) is 29.3 Å². The van der Waals surface area contributed by atoms with Crippen LogP contribution in [-0.2, 0) is 11.4 Å². The lowest BCUT2D eigenvalue weighted by atomic mass is 10.1. The minimum atomic E-state index is -0.0920. The summed E-state index contributed by atoms with van der Waals surface area (Å²) < 4.78 is 12.1. The lowest BCUT2D eigenvalue weighted by molar-refractivity contribution is -0.121. The average Bonchev–Trinajstić information content (AvgIpc) is 2.97. The highest BCUT2D eigenvalue weighted by atomic mass is 79.9. The van der Waals surface area contributed by atoms with Crippen molar-refractivity contribution in [1.29, 1.82) is 0 Å². The van der Waals surface area contributed by atoms with Gasteiger partial charge >= 0.3 is 0 Å². The van der Waals surface area contributed by atoms with Crippen molar-refractivity contribution in [3.8, 4) is 11.5 Å². The highest BCUT2D eigenvalue weighted by Crippen LogP contribution is 2.39. The molecule has 0 aliphatic carbocycles. The smallest absolute Gasteiger partial charge is 0.266 e. The Bertz CT molecular complexity index is 1030. The molecule has 1 amide bonds. The van der Waals surface area contributed by atoms with Gasteiger partial charge in [0.25, 0.3) is 5.91 Å². The van der Waals surface area contributed by atoms with Crippen molar-refractivity contribution in [3.05, 3.63) is 60.9 Å². The van der Waals surface area contributed by atoms with E-state index >= 15 is 0 Å². The number of carbonyl (C=O) groups is 1. The van der Waals surface area contributed by atoms with Crippen LogP contribution in [0.5, 0.6) is 11.5 Å². The van der Waals surface area contributed by atoms with Gasteiger partial charge in [0.05, 0.1) is 26.5 Å². The summed E-state index contributed by atoms with van der Waals surface area (Å²) in [6, 6.07) is 9.02. The van der Waals surface area contributed by atoms with E-state index in [0.717, 1.165) is 11.1 Å². The molecule has 2 aromatic rings. The molecule has 0 radical (unpaired) electrons. The van der Waals surface area contributed by atoms with E-state index in [2.05, 4.69) is 20.9 Å². The highest BCUT2D eigenvalue weighted by Gasteiger charge is 2.29. The predicted octanol–water partition coefficient (Wildman–Crippen LogP) is 5.88. The van der Waals surface area contributed by atoms with Crippen LogP contribution in [-0.4, -0.2) is 37.2 Å². The summed E-state index contributed by atoms with van der Waals surface area (Å²) in [6.07, 6.45) is 1.80. The van der Waals surface area contributed by atoms with E-state index in [-0.39, 0.29) is 5.91 Å². The van der Waals surface area contributed by atoms with Crippen LogP contribution in [0.1, 0.15) is 11.1 Å². The number of aliphatic imine (C=N–C) groups is 1. The Morgan fingerprint density at radius 2 is 2.00 bits per heavy atom. The predicted molar refractivity (Wildman–Crippen MR) is 123 cm³/mol. The number of amidine groups is 1. The molecule has 1 aliphatic rings. The number of likely N-dealkylation sites (N-methyl/N-ethyl adjacent to an activating group) is 1. The van der Waals surface area contributed by atoms with E-state index in [0.29, 0.717) is 42.7 Å². The standard InChI is InChI=1S/C20H17BrCl2N2O3S/c1-24-20-25(2)19(26)17(29-20)9-12-6-13(21)18(16(8-12)27-3)28-10-11-4-5-14(22)15(23)7-11/h4-9H,10H2,1-3H3/b17-9+,24-20?. The average molecular weight is 516 g/mol. The first-order valence-corrected chi connectivity index (χ1v) is 10.8. The van der Waals surface area contributed by atoms with Crippen LogP contribution in [0.15, 0.2) is 44.7 Å². The largest absolute Gasteiger partial charge is 0.493 e. The summed E-state index contributed by atoms with van der Waals surface area (Å²) in [5.41, 5.74) is 1.68.